The number of carbonyl (C=O) groups is 2. The van der Waals surface area contributed by atoms with E-state index in [1.165, 1.54) is 4.90 Å². The number of anilines is 2. The van der Waals surface area contributed by atoms with Gasteiger partial charge in [0.25, 0.3) is 5.91 Å². The van der Waals surface area contributed by atoms with E-state index < -0.39 is 18.1 Å². The van der Waals surface area contributed by atoms with Gasteiger partial charge in [-0.25, -0.2) is 9.96 Å². The molecule has 0 aromatic heterocycles. The first-order valence-corrected chi connectivity index (χ1v) is 11.7. The molecule has 6 heteroatoms. The van der Waals surface area contributed by atoms with Crippen LogP contribution in [0.25, 0.3) is 0 Å². The van der Waals surface area contributed by atoms with Crippen molar-refractivity contribution in [2.75, 3.05) is 16.6 Å². The second-order valence-electron chi connectivity index (χ2n) is 8.87. The van der Waals surface area contributed by atoms with Gasteiger partial charge in [0.15, 0.2) is 6.10 Å². The summed E-state index contributed by atoms with van der Waals surface area (Å²) in [6.45, 7) is 6.73. The van der Waals surface area contributed by atoms with Crippen molar-refractivity contribution in [1.82, 2.24) is 0 Å². The second kappa shape index (κ2) is 8.95. The van der Waals surface area contributed by atoms with Crippen molar-refractivity contribution >= 4 is 23.2 Å². The molecular formula is C28H28N2O4. The molecule has 3 unspecified atom stereocenters. The summed E-state index contributed by atoms with van der Waals surface area (Å²) in [5.41, 5.74) is 4.53. The summed E-state index contributed by atoms with van der Waals surface area (Å²) < 4.78 is 5.64. The minimum Gasteiger partial charge on any atom is -0.494 e. The number of amides is 2. The quantitative estimate of drug-likeness (QED) is 0.481. The molecule has 0 aliphatic carbocycles. The van der Waals surface area contributed by atoms with Gasteiger partial charge in [-0.15, -0.1) is 0 Å². The molecule has 0 bridgehead atoms. The van der Waals surface area contributed by atoms with Gasteiger partial charge in [0.05, 0.1) is 24.0 Å². The Balaban J connectivity index is 1.52. The maximum atomic E-state index is 13.8. The number of hydroxylamine groups is 1. The first-order valence-electron chi connectivity index (χ1n) is 11.7. The van der Waals surface area contributed by atoms with Crippen LogP contribution in [0.2, 0.25) is 0 Å². The van der Waals surface area contributed by atoms with E-state index in [-0.39, 0.29) is 11.8 Å². The molecule has 2 fully saturated rings. The lowest BCUT2D eigenvalue weighted by Crippen LogP contribution is -2.37. The van der Waals surface area contributed by atoms with Crippen molar-refractivity contribution in [1.29, 1.82) is 0 Å². The van der Waals surface area contributed by atoms with Gasteiger partial charge in [-0.3, -0.25) is 14.4 Å². The van der Waals surface area contributed by atoms with Gasteiger partial charge in [0.1, 0.15) is 11.7 Å². The van der Waals surface area contributed by atoms with E-state index in [0.29, 0.717) is 18.0 Å². The number of carbonyl (C=O) groups excluding carboxylic acids is 2. The van der Waals surface area contributed by atoms with Crippen LogP contribution in [0.4, 0.5) is 11.4 Å². The van der Waals surface area contributed by atoms with E-state index in [9.17, 15) is 9.59 Å². The summed E-state index contributed by atoms with van der Waals surface area (Å²) in [7, 11) is 0. The van der Waals surface area contributed by atoms with Crippen LogP contribution in [0.1, 0.15) is 36.1 Å². The zero-order valence-corrected chi connectivity index (χ0v) is 19.6. The number of benzene rings is 3. The third kappa shape index (κ3) is 3.74. The topological polar surface area (TPSA) is 59.1 Å². The fraction of sp³-hybridized carbons (Fsp3) is 0.286. The zero-order chi connectivity index (χ0) is 23.8. The Bertz CT molecular complexity index is 1210. The number of rotatable bonds is 6. The molecule has 2 aliphatic rings. The Kier molecular flexibility index (Phi) is 5.84. The van der Waals surface area contributed by atoms with E-state index in [4.69, 9.17) is 9.57 Å². The van der Waals surface area contributed by atoms with Crippen LogP contribution in [0.3, 0.4) is 0 Å². The van der Waals surface area contributed by atoms with Gasteiger partial charge in [-0.2, -0.15) is 0 Å². The standard InChI is InChI=1S/C28H28N2O4/c1-4-16-33-22-13-11-20(12-14-22)29-27(31)24-25(23-15-10-18(2)17-19(23)3)30(34-26(24)28(29)32)21-8-6-5-7-9-21/h5-15,17,24-26H,4,16H2,1-3H3. The number of imide groups is 1. The van der Waals surface area contributed by atoms with Crippen molar-refractivity contribution in [3.8, 4) is 5.75 Å². The molecule has 2 aliphatic heterocycles. The number of fused-ring (bicyclic) bond motifs is 1. The molecule has 0 N–H and O–H groups in total. The van der Waals surface area contributed by atoms with Crippen LogP contribution in [0.5, 0.6) is 5.75 Å². The number of aryl methyl sites for hydroxylation is 2. The molecule has 3 aromatic rings. The average Bonchev–Trinajstić information content (AvgIpc) is 3.35. The van der Waals surface area contributed by atoms with E-state index in [0.717, 1.165) is 28.8 Å². The summed E-state index contributed by atoms with van der Waals surface area (Å²) in [5, 5.41) is 1.74. The first-order chi connectivity index (χ1) is 16.5. The van der Waals surface area contributed by atoms with Crippen molar-refractivity contribution in [2.45, 2.75) is 39.3 Å². The van der Waals surface area contributed by atoms with E-state index in [1.807, 2.05) is 63.2 Å². The van der Waals surface area contributed by atoms with Gasteiger partial charge in [0, 0.05) is 0 Å². The van der Waals surface area contributed by atoms with Crippen LogP contribution in [0, 0.1) is 19.8 Å². The number of hydrogen-bond acceptors (Lipinski definition) is 5. The van der Waals surface area contributed by atoms with Gasteiger partial charge in [0.2, 0.25) is 5.91 Å². The summed E-state index contributed by atoms with van der Waals surface area (Å²) in [4.78, 5) is 34.7. The molecule has 174 valence electrons. The maximum absolute atomic E-state index is 13.8. The summed E-state index contributed by atoms with van der Waals surface area (Å²) in [6.07, 6.45) is 0.0259. The zero-order valence-electron chi connectivity index (χ0n) is 19.6. The van der Waals surface area contributed by atoms with Crippen molar-refractivity contribution in [3.05, 3.63) is 89.5 Å². The summed E-state index contributed by atoms with van der Waals surface area (Å²) in [6, 6.07) is 22.5. The molecule has 34 heavy (non-hydrogen) atoms. The Morgan fingerprint density at radius 3 is 2.29 bits per heavy atom. The lowest BCUT2D eigenvalue weighted by atomic mass is 9.87. The third-order valence-corrected chi connectivity index (χ3v) is 6.44. The highest BCUT2D eigenvalue weighted by Gasteiger charge is 2.60. The van der Waals surface area contributed by atoms with Crippen LogP contribution in [-0.2, 0) is 14.4 Å². The monoisotopic (exact) mass is 456 g/mol. The van der Waals surface area contributed by atoms with Gasteiger partial charge >= 0.3 is 0 Å². The van der Waals surface area contributed by atoms with E-state index in [2.05, 4.69) is 6.07 Å². The van der Waals surface area contributed by atoms with Gasteiger partial charge < -0.3 is 4.74 Å². The molecule has 2 saturated heterocycles. The predicted molar refractivity (Wildman–Crippen MR) is 131 cm³/mol. The highest BCUT2D eigenvalue weighted by molar-refractivity contribution is 6.24. The smallest absolute Gasteiger partial charge is 0.266 e. The molecule has 0 saturated carbocycles. The Hall–Kier alpha value is -3.64. The molecule has 5 rings (SSSR count). The van der Waals surface area contributed by atoms with Crippen molar-refractivity contribution in [3.63, 3.8) is 0 Å². The highest BCUT2D eigenvalue weighted by atomic mass is 16.7. The Labute approximate surface area is 199 Å². The second-order valence-corrected chi connectivity index (χ2v) is 8.87. The minimum atomic E-state index is -0.880. The number of nitrogens with zero attached hydrogens (tertiary/aromatic N) is 2. The molecule has 0 radical (unpaired) electrons. The van der Waals surface area contributed by atoms with Gasteiger partial charge in [-0.05, 0) is 67.8 Å². The summed E-state index contributed by atoms with van der Waals surface area (Å²) >= 11 is 0. The van der Waals surface area contributed by atoms with Crippen LogP contribution in [0.15, 0.2) is 72.8 Å². The van der Waals surface area contributed by atoms with Crippen molar-refractivity contribution < 1.29 is 19.2 Å². The molecule has 3 aromatic carbocycles. The number of ether oxygens (including phenoxy) is 1. The third-order valence-electron chi connectivity index (χ3n) is 6.44. The average molecular weight is 457 g/mol. The lowest BCUT2D eigenvalue weighted by molar-refractivity contribution is -0.126. The molecule has 6 nitrogen and oxygen atoms in total. The molecule has 0 spiro atoms. The Morgan fingerprint density at radius 1 is 0.882 bits per heavy atom. The normalized spacial score (nSPS) is 21.8. The van der Waals surface area contributed by atoms with E-state index >= 15 is 0 Å². The van der Waals surface area contributed by atoms with Crippen molar-refractivity contribution in [2.24, 2.45) is 5.92 Å². The minimum absolute atomic E-state index is 0.249. The number of hydrogen-bond donors (Lipinski definition) is 0. The maximum Gasteiger partial charge on any atom is 0.266 e. The van der Waals surface area contributed by atoms with Crippen LogP contribution >= 0.6 is 0 Å². The highest BCUT2D eigenvalue weighted by Crippen LogP contribution is 2.48. The first kappa shape index (κ1) is 22.2. The lowest BCUT2D eigenvalue weighted by Gasteiger charge is -2.29. The SMILES string of the molecule is CCCOc1ccc(N2C(=O)C3ON(c4ccccc4)C(c4ccc(C)cc4C)C3C2=O)cc1. The molecule has 2 amide bonds. The Morgan fingerprint density at radius 2 is 1.62 bits per heavy atom. The fourth-order valence-corrected chi connectivity index (χ4v) is 4.85. The fourth-order valence-electron chi connectivity index (χ4n) is 4.85. The van der Waals surface area contributed by atoms with Crippen LogP contribution in [-0.4, -0.2) is 24.5 Å². The number of para-hydroxylation sites is 1. The summed E-state index contributed by atoms with van der Waals surface area (Å²) in [5.74, 6) is -0.527. The van der Waals surface area contributed by atoms with E-state index in [1.54, 1.807) is 29.3 Å². The largest absolute Gasteiger partial charge is 0.494 e. The molecule has 2 heterocycles. The van der Waals surface area contributed by atoms with Gasteiger partial charge in [-0.1, -0.05) is 48.9 Å². The predicted octanol–water partition coefficient (Wildman–Crippen LogP) is 5.14. The van der Waals surface area contributed by atoms with Crippen LogP contribution < -0.4 is 14.7 Å². The molecular weight excluding hydrogens is 428 g/mol. The molecule has 3 atom stereocenters.